The maximum atomic E-state index is 5.88. The predicted molar refractivity (Wildman–Crippen MR) is 67.6 cm³/mol. The number of hydrogen-bond acceptors (Lipinski definition) is 6. The number of halogens is 1. The number of oxazole rings is 1. The molecule has 0 aliphatic heterocycles. The SMILES string of the molecule is Cc1nnc(CSc2nc3cc(Cl)ccc3o2)o1. The number of thioether (sulfide) groups is 1. The van der Waals surface area contributed by atoms with E-state index in [1.807, 2.05) is 0 Å². The van der Waals surface area contributed by atoms with Gasteiger partial charge in [0.25, 0.3) is 5.22 Å². The molecule has 3 rings (SSSR count). The molecular formula is C11H8ClN3O2S. The van der Waals surface area contributed by atoms with Crippen LogP contribution in [-0.2, 0) is 5.75 Å². The zero-order valence-electron chi connectivity index (χ0n) is 9.38. The molecule has 0 radical (unpaired) electrons. The summed E-state index contributed by atoms with van der Waals surface area (Å²) in [6.45, 7) is 1.75. The fraction of sp³-hybridized carbons (Fsp3) is 0.182. The molecule has 0 saturated carbocycles. The third kappa shape index (κ3) is 2.34. The van der Waals surface area contributed by atoms with Crippen molar-refractivity contribution in [2.75, 3.05) is 0 Å². The first kappa shape index (κ1) is 11.6. The van der Waals surface area contributed by atoms with Gasteiger partial charge in [0.1, 0.15) is 5.52 Å². The Morgan fingerprint density at radius 2 is 2.17 bits per heavy atom. The van der Waals surface area contributed by atoms with E-state index >= 15 is 0 Å². The van der Waals surface area contributed by atoms with Crippen LogP contribution in [0.5, 0.6) is 0 Å². The Balaban J connectivity index is 1.78. The first-order chi connectivity index (χ1) is 8.70. The summed E-state index contributed by atoms with van der Waals surface area (Å²) in [6.07, 6.45) is 0. The van der Waals surface area contributed by atoms with Crippen LogP contribution in [0.4, 0.5) is 0 Å². The Labute approximate surface area is 112 Å². The molecule has 0 aliphatic rings. The summed E-state index contributed by atoms with van der Waals surface area (Å²) in [5.41, 5.74) is 1.45. The topological polar surface area (TPSA) is 65.0 Å². The van der Waals surface area contributed by atoms with E-state index in [9.17, 15) is 0 Å². The van der Waals surface area contributed by atoms with Crippen molar-refractivity contribution in [2.24, 2.45) is 0 Å². The van der Waals surface area contributed by atoms with E-state index in [1.165, 1.54) is 11.8 Å². The minimum Gasteiger partial charge on any atom is -0.431 e. The van der Waals surface area contributed by atoms with Crippen molar-refractivity contribution in [3.05, 3.63) is 35.0 Å². The number of hydrogen-bond donors (Lipinski definition) is 0. The van der Waals surface area contributed by atoms with Crippen molar-refractivity contribution in [2.45, 2.75) is 17.9 Å². The van der Waals surface area contributed by atoms with Crippen molar-refractivity contribution in [1.82, 2.24) is 15.2 Å². The summed E-state index contributed by atoms with van der Waals surface area (Å²) in [4.78, 5) is 4.32. The fourth-order valence-corrected chi connectivity index (χ4v) is 2.30. The average Bonchev–Trinajstić information content (AvgIpc) is 2.92. The molecule has 2 aromatic heterocycles. The van der Waals surface area contributed by atoms with E-state index < -0.39 is 0 Å². The van der Waals surface area contributed by atoms with Gasteiger partial charge in [-0.05, 0) is 18.2 Å². The van der Waals surface area contributed by atoms with Crippen molar-refractivity contribution in [3.8, 4) is 0 Å². The highest BCUT2D eigenvalue weighted by Crippen LogP contribution is 2.27. The second kappa shape index (κ2) is 4.62. The monoisotopic (exact) mass is 281 g/mol. The van der Waals surface area contributed by atoms with Gasteiger partial charge in [-0.25, -0.2) is 4.98 Å². The molecule has 0 bridgehead atoms. The standard InChI is InChI=1S/C11H8ClN3O2S/c1-6-14-15-10(16-6)5-18-11-13-8-4-7(12)2-3-9(8)17-11/h2-4H,5H2,1H3. The lowest BCUT2D eigenvalue weighted by molar-refractivity contribution is 0.477. The lowest BCUT2D eigenvalue weighted by atomic mass is 10.3. The Morgan fingerprint density at radius 3 is 2.94 bits per heavy atom. The van der Waals surface area contributed by atoms with Crippen LogP contribution in [0, 0.1) is 6.92 Å². The number of nitrogens with zero attached hydrogens (tertiary/aromatic N) is 3. The molecule has 7 heteroatoms. The molecule has 0 unspecified atom stereocenters. The van der Waals surface area contributed by atoms with Crippen molar-refractivity contribution >= 4 is 34.5 Å². The third-order valence-corrected chi connectivity index (χ3v) is 3.26. The molecule has 5 nitrogen and oxygen atoms in total. The van der Waals surface area contributed by atoms with Crippen LogP contribution in [0.3, 0.4) is 0 Å². The van der Waals surface area contributed by atoms with Crippen LogP contribution in [0.1, 0.15) is 11.8 Å². The van der Waals surface area contributed by atoms with Gasteiger partial charge >= 0.3 is 0 Å². The van der Waals surface area contributed by atoms with Gasteiger partial charge < -0.3 is 8.83 Å². The normalized spacial score (nSPS) is 11.2. The van der Waals surface area contributed by atoms with E-state index in [2.05, 4.69) is 15.2 Å². The zero-order chi connectivity index (χ0) is 12.5. The zero-order valence-corrected chi connectivity index (χ0v) is 11.0. The number of rotatable bonds is 3. The molecule has 0 spiro atoms. The quantitative estimate of drug-likeness (QED) is 0.685. The van der Waals surface area contributed by atoms with E-state index in [0.717, 1.165) is 5.52 Å². The first-order valence-corrected chi connectivity index (χ1v) is 6.55. The van der Waals surface area contributed by atoms with Crippen molar-refractivity contribution in [1.29, 1.82) is 0 Å². The van der Waals surface area contributed by atoms with E-state index in [-0.39, 0.29) is 0 Å². The summed E-state index contributed by atoms with van der Waals surface area (Å²) in [5.74, 6) is 1.63. The summed E-state index contributed by atoms with van der Waals surface area (Å²) >= 11 is 7.28. The van der Waals surface area contributed by atoms with Crippen molar-refractivity contribution in [3.63, 3.8) is 0 Å². The largest absolute Gasteiger partial charge is 0.431 e. The highest BCUT2D eigenvalue weighted by Gasteiger charge is 2.09. The fourth-order valence-electron chi connectivity index (χ4n) is 1.46. The highest BCUT2D eigenvalue weighted by molar-refractivity contribution is 7.98. The molecule has 3 aromatic rings. The maximum Gasteiger partial charge on any atom is 0.257 e. The minimum atomic E-state index is 0.529. The molecule has 0 aliphatic carbocycles. The van der Waals surface area contributed by atoms with Gasteiger partial charge in [-0.15, -0.1) is 10.2 Å². The van der Waals surface area contributed by atoms with Gasteiger partial charge in [0, 0.05) is 11.9 Å². The van der Waals surface area contributed by atoms with E-state index in [1.54, 1.807) is 25.1 Å². The lowest BCUT2D eigenvalue weighted by Crippen LogP contribution is -1.80. The van der Waals surface area contributed by atoms with Crippen LogP contribution >= 0.6 is 23.4 Å². The molecule has 0 amide bonds. The van der Waals surface area contributed by atoms with Crippen LogP contribution in [-0.4, -0.2) is 15.2 Å². The molecule has 0 N–H and O–H groups in total. The Bertz CT molecular complexity index is 694. The number of benzene rings is 1. The molecule has 92 valence electrons. The number of aromatic nitrogens is 3. The lowest BCUT2D eigenvalue weighted by Gasteiger charge is -1.89. The minimum absolute atomic E-state index is 0.529. The average molecular weight is 282 g/mol. The van der Waals surface area contributed by atoms with Crippen molar-refractivity contribution < 1.29 is 8.83 Å². The summed E-state index contributed by atoms with van der Waals surface area (Å²) in [5, 5.41) is 8.85. The Kier molecular flexibility index (Phi) is 2.97. The molecule has 2 heterocycles. The summed E-state index contributed by atoms with van der Waals surface area (Å²) in [6, 6.07) is 5.33. The number of aryl methyl sites for hydroxylation is 1. The second-order valence-corrected chi connectivity index (χ2v) is 4.96. The van der Waals surface area contributed by atoms with Gasteiger partial charge in [-0.2, -0.15) is 0 Å². The van der Waals surface area contributed by atoms with Gasteiger partial charge in [0.05, 0.1) is 5.75 Å². The van der Waals surface area contributed by atoms with E-state index in [0.29, 0.717) is 33.4 Å². The van der Waals surface area contributed by atoms with Crippen LogP contribution in [0.25, 0.3) is 11.1 Å². The molecule has 18 heavy (non-hydrogen) atoms. The maximum absolute atomic E-state index is 5.88. The van der Waals surface area contributed by atoms with Crippen LogP contribution in [0.15, 0.2) is 32.3 Å². The number of fused-ring (bicyclic) bond motifs is 1. The highest BCUT2D eigenvalue weighted by atomic mass is 35.5. The molecule has 0 atom stereocenters. The second-order valence-electron chi connectivity index (χ2n) is 3.60. The van der Waals surface area contributed by atoms with E-state index in [4.69, 9.17) is 20.4 Å². The van der Waals surface area contributed by atoms with Crippen LogP contribution < -0.4 is 0 Å². The molecular weight excluding hydrogens is 274 g/mol. The summed E-state index contributed by atoms with van der Waals surface area (Å²) in [7, 11) is 0. The third-order valence-electron chi connectivity index (χ3n) is 2.22. The van der Waals surface area contributed by atoms with Crippen LogP contribution in [0.2, 0.25) is 5.02 Å². The smallest absolute Gasteiger partial charge is 0.257 e. The summed E-state index contributed by atoms with van der Waals surface area (Å²) < 4.78 is 10.8. The Hall–Kier alpha value is -1.53. The molecule has 1 aromatic carbocycles. The predicted octanol–water partition coefficient (Wildman–Crippen LogP) is 3.46. The first-order valence-electron chi connectivity index (χ1n) is 5.18. The molecule has 0 saturated heterocycles. The van der Waals surface area contributed by atoms with Gasteiger partial charge in [0.15, 0.2) is 5.58 Å². The van der Waals surface area contributed by atoms with Gasteiger partial charge in [-0.3, -0.25) is 0 Å². The molecule has 0 fully saturated rings. The van der Waals surface area contributed by atoms with Gasteiger partial charge in [-0.1, -0.05) is 23.4 Å². The Morgan fingerprint density at radius 1 is 1.28 bits per heavy atom. The van der Waals surface area contributed by atoms with Gasteiger partial charge in [0.2, 0.25) is 11.8 Å².